The van der Waals surface area contributed by atoms with Crippen LogP contribution in [0.15, 0.2) is 45.5 Å². The van der Waals surface area contributed by atoms with Crippen LogP contribution in [0, 0.1) is 5.82 Å². The third-order valence-electron chi connectivity index (χ3n) is 2.36. The van der Waals surface area contributed by atoms with Crippen molar-refractivity contribution in [2.24, 2.45) is 5.73 Å². The van der Waals surface area contributed by atoms with Crippen molar-refractivity contribution in [1.82, 2.24) is 0 Å². The summed E-state index contributed by atoms with van der Waals surface area (Å²) in [5.41, 5.74) is 6.48. The first-order valence-electron chi connectivity index (χ1n) is 5.16. The minimum atomic E-state index is -0.263. The second-order valence-corrected chi connectivity index (χ2v) is 4.36. The molecule has 0 saturated carbocycles. The fraction of sp³-hybridized carbons (Fsp3) is 0.167. The van der Waals surface area contributed by atoms with Crippen molar-refractivity contribution in [3.63, 3.8) is 0 Å². The maximum Gasteiger partial charge on any atom is 0.169 e. The molecular weight excluding hydrogens is 287 g/mol. The number of benzene rings is 1. The molecule has 1 atom stereocenters. The van der Waals surface area contributed by atoms with E-state index in [4.69, 9.17) is 10.2 Å². The predicted molar refractivity (Wildman–Crippen MR) is 68.2 cm³/mol. The maximum absolute atomic E-state index is 12.8. The SMILES string of the molecule is NCC(Nc1ccc(F)cc1)c1ccc(Br)o1. The van der Waals surface area contributed by atoms with Crippen molar-refractivity contribution in [1.29, 1.82) is 0 Å². The molecule has 0 bridgehead atoms. The van der Waals surface area contributed by atoms with Gasteiger partial charge in [-0.1, -0.05) is 0 Å². The van der Waals surface area contributed by atoms with E-state index in [9.17, 15) is 4.39 Å². The summed E-state index contributed by atoms with van der Waals surface area (Å²) < 4.78 is 18.8. The van der Waals surface area contributed by atoms with Gasteiger partial charge in [0.25, 0.3) is 0 Å². The first kappa shape index (κ1) is 12.1. The van der Waals surface area contributed by atoms with Gasteiger partial charge in [-0.05, 0) is 52.3 Å². The van der Waals surface area contributed by atoms with Crippen LogP contribution in [-0.4, -0.2) is 6.54 Å². The normalized spacial score (nSPS) is 12.4. The van der Waals surface area contributed by atoms with E-state index in [1.54, 1.807) is 12.1 Å². The molecule has 0 aliphatic rings. The van der Waals surface area contributed by atoms with Gasteiger partial charge in [-0.25, -0.2) is 4.39 Å². The second-order valence-electron chi connectivity index (χ2n) is 3.58. The van der Waals surface area contributed by atoms with Gasteiger partial charge < -0.3 is 15.5 Å². The third-order valence-corrected chi connectivity index (χ3v) is 2.78. The van der Waals surface area contributed by atoms with Crippen molar-refractivity contribution >= 4 is 21.6 Å². The molecule has 0 spiro atoms. The van der Waals surface area contributed by atoms with Crippen LogP contribution in [-0.2, 0) is 0 Å². The molecule has 0 aliphatic heterocycles. The average molecular weight is 299 g/mol. The highest BCUT2D eigenvalue weighted by molar-refractivity contribution is 9.10. The Morgan fingerprint density at radius 1 is 1.24 bits per heavy atom. The largest absolute Gasteiger partial charge is 0.452 e. The molecular formula is C12H12BrFN2O. The second kappa shape index (κ2) is 5.33. The Balaban J connectivity index is 2.12. The van der Waals surface area contributed by atoms with E-state index in [1.807, 2.05) is 12.1 Å². The van der Waals surface area contributed by atoms with Crippen LogP contribution in [0.5, 0.6) is 0 Å². The van der Waals surface area contributed by atoms with Gasteiger partial charge in [-0.2, -0.15) is 0 Å². The maximum atomic E-state index is 12.8. The molecule has 2 aromatic rings. The monoisotopic (exact) mass is 298 g/mol. The topological polar surface area (TPSA) is 51.2 Å². The van der Waals surface area contributed by atoms with Crippen LogP contribution in [0.1, 0.15) is 11.8 Å². The first-order valence-corrected chi connectivity index (χ1v) is 5.96. The van der Waals surface area contributed by atoms with Gasteiger partial charge in [0.05, 0.1) is 6.04 Å². The van der Waals surface area contributed by atoms with E-state index in [2.05, 4.69) is 21.2 Å². The van der Waals surface area contributed by atoms with Crippen LogP contribution in [0.25, 0.3) is 0 Å². The van der Waals surface area contributed by atoms with Crippen LogP contribution >= 0.6 is 15.9 Å². The molecule has 0 aliphatic carbocycles. The summed E-state index contributed by atoms with van der Waals surface area (Å²) in [7, 11) is 0. The third kappa shape index (κ3) is 3.08. The molecule has 3 nitrogen and oxygen atoms in total. The summed E-state index contributed by atoms with van der Waals surface area (Å²) in [6.07, 6.45) is 0. The van der Waals surface area contributed by atoms with Crippen molar-refractivity contribution in [2.45, 2.75) is 6.04 Å². The molecule has 2 rings (SSSR count). The van der Waals surface area contributed by atoms with Gasteiger partial charge >= 0.3 is 0 Å². The van der Waals surface area contributed by atoms with Crippen molar-refractivity contribution in [3.8, 4) is 0 Å². The number of hydrogen-bond acceptors (Lipinski definition) is 3. The number of nitrogens with one attached hydrogen (secondary N) is 1. The molecule has 17 heavy (non-hydrogen) atoms. The van der Waals surface area contributed by atoms with Gasteiger partial charge in [0, 0.05) is 12.2 Å². The number of furan rings is 1. The zero-order valence-corrected chi connectivity index (χ0v) is 10.6. The standard InChI is InChI=1S/C12H12BrFN2O/c13-12-6-5-11(17-12)10(7-15)16-9-3-1-8(14)2-4-9/h1-6,10,16H,7,15H2. The number of halogens is 2. The highest BCUT2D eigenvalue weighted by Gasteiger charge is 2.13. The van der Waals surface area contributed by atoms with E-state index in [0.717, 1.165) is 11.4 Å². The molecule has 1 aromatic carbocycles. The lowest BCUT2D eigenvalue weighted by atomic mass is 10.2. The lowest BCUT2D eigenvalue weighted by Crippen LogP contribution is -2.20. The minimum absolute atomic E-state index is 0.133. The molecule has 0 amide bonds. The fourth-order valence-corrected chi connectivity index (χ4v) is 1.83. The molecule has 0 radical (unpaired) electrons. The van der Waals surface area contributed by atoms with E-state index in [-0.39, 0.29) is 11.9 Å². The molecule has 0 fully saturated rings. The summed E-state index contributed by atoms with van der Waals surface area (Å²) in [6, 6.07) is 9.64. The Bertz CT molecular complexity index is 484. The average Bonchev–Trinajstić information content (AvgIpc) is 2.75. The van der Waals surface area contributed by atoms with Crippen molar-refractivity contribution < 1.29 is 8.81 Å². The Labute approximate surface area is 107 Å². The van der Waals surface area contributed by atoms with E-state index < -0.39 is 0 Å². The molecule has 1 unspecified atom stereocenters. The zero-order chi connectivity index (χ0) is 12.3. The van der Waals surface area contributed by atoms with E-state index in [1.165, 1.54) is 12.1 Å². The quantitative estimate of drug-likeness (QED) is 0.911. The fourth-order valence-electron chi connectivity index (χ4n) is 1.51. The molecule has 1 heterocycles. The van der Waals surface area contributed by atoms with Crippen molar-refractivity contribution in [2.75, 3.05) is 11.9 Å². The summed E-state index contributed by atoms with van der Waals surface area (Å²) in [6.45, 7) is 0.386. The van der Waals surface area contributed by atoms with E-state index >= 15 is 0 Å². The Morgan fingerprint density at radius 2 is 1.94 bits per heavy atom. The molecule has 1 aromatic heterocycles. The van der Waals surface area contributed by atoms with Gasteiger partial charge in [-0.3, -0.25) is 0 Å². The number of hydrogen-bond donors (Lipinski definition) is 2. The summed E-state index contributed by atoms with van der Waals surface area (Å²) in [5, 5.41) is 3.18. The van der Waals surface area contributed by atoms with Crippen LogP contribution in [0.2, 0.25) is 0 Å². The summed E-state index contributed by atoms with van der Waals surface area (Å²) in [4.78, 5) is 0. The predicted octanol–water partition coefficient (Wildman–Crippen LogP) is 3.29. The zero-order valence-electron chi connectivity index (χ0n) is 8.99. The smallest absolute Gasteiger partial charge is 0.169 e. The van der Waals surface area contributed by atoms with Crippen molar-refractivity contribution in [3.05, 3.63) is 52.6 Å². The van der Waals surface area contributed by atoms with Gasteiger partial charge in [-0.15, -0.1) is 0 Å². The lowest BCUT2D eigenvalue weighted by molar-refractivity contribution is 0.463. The van der Waals surface area contributed by atoms with Crippen LogP contribution in [0.3, 0.4) is 0 Å². The number of anilines is 1. The Kier molecular flexibility index (Phi) is 3.81. The van der Waals surface area contributed by atoms with Crippen LogP contribution < -0.4 is 11.1 Å². The van der Waals surface area contributed by atoms with Crippen LogP contribution in [0.4, 0.5) is 10.1 Å². The summed E-state index contributed by atoms with van der Waals surface area (Å²) in [5.74, 6) is 0.476. The summed E-state index contributed by atoms with van der Waals surface area (Å²) >= 11 is 3.24. The highest BCUT2D eigenvalue weighted by atomic mass is 79.9. The molecule has 3 N–H and O–H groups in total. The molecule has 5 heteroatoms. The number of nitrogens with two attached hydrogens (primary N) is 1. The molecule has 0 saturated heterocycles. The minimum Gasteiger partial charge on any atom is -0.452 e. The van der Waals surface area contributed by atoms with Gasteiger partial charge in [0.1, 0.15) is 11.6 Å². The first-order chi connectivity index (χ1) is 8.19. The van der Waals surface area contributed by atoms with Gasteiger partial charge in [0.15, 0.2) is 4.67 Å². The Hall–Kier alpha value is -1.33. The molecule has 90 valence electrons. The van der Waals surface area contributed by atoms with Gasteiger partial charge in [0.2, 0.25) is 0 Å². The highest BCUT2D eigenvalue weighted by Crippen LogP contribution is 2.23. The Morgan fingerprint density at radius 3 is 2.47 bits per heavy atom. The lowest BCUT2D eigenvalue weighted by Gasteiger charge is -2.15. The number of rotatable bonds is 4. The van der Waals surface area contributed by atoms with E-state index in [0.29, 0.717) is 11.2 Å².